The third-order valence-electron chi connectivity index (χ3n) is 4.64. The van der Waals surface area contributed by atoms with Crippen molar-refractivity contribution >= 4 is 51.9 Å². The quantitative estimate of drug-likeness (QED) is 0.170. The topological polar surface area (TPSA) is 114 Å². The van der Waals surface area contributed by atoms with E-state index in [-0.39, 0.29) is 99.2 Å². The van der Waals surface area contributed by atoms with Crippen molar-refractivity contribution in [1.29, 1.82) is 0 Å². The fourth-order valence-electron chi connectivity index (χ4n) is 3.35. The Kier molecular flexibility index (Phi) is 9.86. The van der Waals surface area contributed by atoms with Crippen LogP contribution < -0.4 is 77.8 Å². The number of carboxylic acids is 1. The molecule has 0 saturated carbocycles. The van der Waals surface area contributed by atoms with Gasteiger partial charge in [0.2, 0.25) is 0 Å². The summed E-state index contributed by atoms with van der Waals surface area (Å²) in [4.78, 5) is 23.9. The van der Waals surface area contributed by atoms with E-state index in [0.29, 0.717) is 22.1 Å². The maximum Gasteiger partial charge on any atom is 1.00 e. The molecule has 2 aliphatic rings. The minimum Gasteiger partial charge on any atom is 1.00 e. The Hall–Kier alpha value is 0.255. The van der Waals surface area contributed by atoms with E-state index in [4.69, 9.17) is 4.42 Å². The van der Waals surface area contributed by atoms with Gasteiger partial charge < -0.3 is 0 Å². The number of halogens is 2. The van der Waals surface area contributed by atoms with Gasteiger partial charge in [-0.15, -0.1) is 0 Å². The molecule has 0 fully saturated rings. The van der Waals surface area contributed by atoms with E-state index < -0.39 is 31.0 Å². The molecule has 2 aromatic rings. The first-order valence-corrected chi connectivity index (χ1v) is 15.1. The van der Waals surface area contributed by atoms with Crippen LogP contribution in [0.2, 0.25) is 0 Å². The molecule has 0 radical (unpaired) electrons. The molecule has 6 nitrogen and oxygen atoms in total. The summed E-state index contributed by atoms with van der Waals surface area (Å²) < 4.78 is 16.6. The van der Waals surface area contributed by atoms with Gasteiger partial charge in [-0.2, -0.15) is 0 Å². The summed E-state index contributed by atoms with van der Waals surface area (Å²) in [6.07, 6.45) is 0. The Morgan fingerprint density at radius 3 is 2.35 bits per heavy atom. The summed E-state index contributed by atoms with van der Waals surface area (Å²) in [5.41, 5.74) is 1.14. The van der Waals surface area contributed by atoms with E-state index in [0.717, 1.165) is 0 Å². The molecule has 1 heterocycles. The van der Waals surface area contributed by atoms with Crippen LogP contribution in [-0.4, -0.2) is 8.98 Å². The van der Waals surface area contributed by atoms with Gasteiger partial charge in [0, 0.05) is 0 Å². The summed E-state index contributed by atoms with van der Waals surface area (Å²) in [5.74, 6) is -1.52. The van der Waals surface area contributed by atoms with Crippen molar-refractivity contribution in [3.63, 3.8) is 0 Å². The third-order valence-corrected chi connectivity index (χ3v) is 9.57. The van der Waals surface area contributed by atoms with E-state index in [2.05, 4.69) is 31.9 Å². The molecule has 11 heteroatoms. The molecule has 0 unspecified atom stereocenters. The smallest absolute Gasteiger partial charge is 1.00 e. The van der Waals surface area contributed by atoms with Crippen molar-refractivity contribution in [3.8, 4) is 28.2 Å². The Balaban J connectivity index is 0.00000171. The zero-order valence-electron chi connectivity index (χ0n) is 16.5. The number of rotatable bonds is 3. The number of hydrogen-bond acceptors (Lipinski definition) is 6. The Labute approximate surface area is 250 Å². The van der Waals surface area contributed by atoms with Gasteiger partial charge in [0.05, 0.1) is 0 Å². The van der Waals surface area contributed by atoms with Crippen molar-refractivity contribution in [2.24, 2.45) is 0 Å². The fourth-order valence-corrected chi connectivity index (χ4v) is 8.05. The van der Waals surface area contributed by atoms with Crippen LogP contribution in [0, 0.1) is 0 Å². The number of fused-ring (bicyclic) bond motifs is 2. The van der Waals surface area contributed by atoms with Gasteiger partial charge >= 0.3 is 254 Å². The van der Waals surface area contributed by atoms with Gasteiger partial charge in [-0.1, -0.05) is 0 Å². The average Bonchev–Trinajstić information content (AvgIpc) is 2.69. The molecule has 0 aromatic heterocycles. The van der Waals surface area contributed by atoms with E-state index in [9.17, 15) is 22.8 Å². The molecule has 0 atom stereocenters. The van der Waals surface area contributed by atoms with Crippen molar-refractivity contribution < 1.29 is 107 Å². The molecule has 1 N–H and O–H groups in total. The van der Waals surface area contributed by atoms with Gasteiger partial charge in [-0.05, 0) is 0 Å². The standard InChI is InChI=1S/C20H9Br2O5.Hg.2Na.H2O/c21-13-5-11-17(7-15(13)23)27-18-8-16(24)14(22)6-12(18)19(11)9-3-1-2-4-10(9)20(25)26;;;;/h1-7,24H,(H,25,26);;;;1H2/q;3*+1;/p-3. The Morgan fingerprint density at radius 2 is 1.71 bits per heavy atom. The number of hydrogen-bond donors (Lipinski definition) is 1. The van der Waals surface area contributed by atoms with Crippen molar-refractivity contribution in [2.45, 2.75) is 0 Å². The molecule has 0 spiro atoms. The van der Waals surface area contributed by atoms with Crippen LogP contribution in [0.1, 0.15) is 10.4 Å². The summed E-state index contributed by atoms with van der Waals surface area (Å²) in [7, 11) is 0. The summed E-state index contributed by atoms with van der Waals surface area (Å²) in [6.45, 7) is 0. The van der Waals surface area contributed by atoms with Crippen molar-refractivity contribution in [2.75, 3.05) is 0 Å². The summed E-state index contributed by atoms with van der Waals surface area (Å²) >= 11 is 3.71. The number of benzene rings is 3. The van der Waals surface area contributed by atoms with Crippen LogP contribution in [0.4, 0.5) is 0 Å². The minimum absolute atomic E-state index is 0. The van der Waals surface area contributed by atoms with Crippen LogP contribution >= 0.6 is 31.9 Å². The SMILES string of the molecule is O=C([O-])c1ccccc1-c1c2cc(Br)c(=O)cc-2oc2[c]([Hg][OH])c([O-])c(Br)cc12.[Na+].[Na+]. The van der Waals surface area contributed by atoms with Crippen LogP contribution in [0.5, 0.6) is 5.75 Å². The second-order valence-corrected chi connectivity index (χ2v) is 12.0. The zero-order chi connectivity index (χ0) is 20.9. The molecule has 1 aliphatic heterocycles. The number of carbonyl (C=O) groups is 1. The van der Waals surface area contributed by atoms with Crippen molar-refractivity contribution in [3.05, 3.63) is 67.2 Å². The number of aromatic carboxylic acids is 1. The summed E-state index contributed by atoms with van der Waals surface area (Å²) in [6, 6.07) is 10.7. The zero-order valence-corrected chi connectivity index (χ0v) is 29.2. The largest absolute Gasteiger partial charge is 1.00 e. The number of carbonyl (C=O) groups excluding carboxylic acids is 1. The molecule has 0 saturated heterocycles. The number of carboxylic acid groups (broad SMARTS) is 1. The Bertz CT molecular complexity index is 1340. The average molecular weight is 751 g/mol. The van der Waals surface area contributed by atoms with E-state index in [1.165, 1.54) is 12.1 Å². The van der Waals surface area contributed by atoms with Gasteiger partial charge in [0.15, 0.2) is 0 Å². The van der Waals surface area contributed by atoms with E-state index >= 15 is 0 Å². The second-order valence-electron chi connectivity index (χ2n) is 6.29. The monoisotopic (exact) mass is 750 g/mol. The predicted molar refractivity (Wildman–Crippen MR) is 106 cm³/mol. The second kappa shape index (κ2) is 11.1. The normalized spacial score (nSPS) is 10.3. The van der Waals surface area contributed by atoms with E-state index in [1.807, 2.05) is 0 Å². The molecular weight excluding hydrogens is 743 g/mol. The van der Waals surface area contributed by atoms with Crippen LogP contribution in [0.25, 0.3) is 33.4 Å². The van der Waals surface area contributed by atoms with Crippen LogP contribution in [0.15, 0.2) is 60.6 Å². The van der Waals surface area contributed by atoms with E-state index in [1.54, 1.807) is 30.3 Å². The molecule has 4 rings (SSSR count). The molecule has 31 heavy (non-hydrogen) atoms. The first-order chi connectivity index (χ1) is 13.8. The molecule has 0 amide bonds. The summed E-state index contributed by atoms with van der Waals surface area (Å²) in [5, 5.41) is 24.7. The molecular formula is C20H8Br2HgNa2O6. The van der Waals surface area contributed by atoms with Gasteiger partial charge in [-0.3, -0.25) is 0 Å². The molecule has 142 valence electrons. The maximum absolute atomic E-state index is 12.5. The molecule has 2 aromatic carbocycles. The third kappa shape index (κ3) is 5.04. The first kappa shape index (κ1) is 27.5. The minimum atomic E-state index is -2.75. The van der Waals surface area contributed by atoms with Gasteiger partial charge in [-0.25, -0.2) is 0 Å². The van der Waals surface area contributed by atoms with Crippen LogP contribution in [-0.2, 0) is 25.0 Å². The van der Waals surface area contributed by atoms with Crippen molar-refractivity contribution in [1.82, 2.24) is 0 Å². The fraction of sp³-hybridized carbons (Fsp3) is 0. The molecule has 0 bridgehead atoms. The van der Waals surface area contributed by atoms with Crippen LogP contribution in [0.3, 0.4) is 0 Å². The van der Waals surface area contributed by atoms with Gasteiger partial charge in [0.25, 0.3) is 0 Å². The first-order valence-electron chi connectivity index (χ1n) is 8.33. The Morgan fingerprint density at radius 1 is 1.03 bits per heavy atom. The maximum atomic E-state index is 12.5. The predicted octanol–water partition coefficient (Wildman–Crippen LogP) is -3.85. The van der Waals surface area contributed by atoms with Gasteiger partial charge in [0.1, 0.15) is 0 Å². The molecule has 1 aliphatic carbocycles.